The first-order valence-electron chi connectivity index (χ1n) is 9.14. The van der Waals surface area contributed by atoms with Crippen molar-refractivity contribution < 1.29 is 19.7 Å². The van der Waals surface area contributed by atoms with Crippen LogP contribution >= 0.6 is 0 Å². The van der Waals surface area contributed by atoms with Gasteiger partial charge in [-0.1, -0.05) is 26.8 Å². The number of ether oxygens (including phenoxy) is 1. The minimum Gasteiger partial charge on any atom is -0.479 e. The third-order valence-corrected chi connectivity index (χ3v) is 8.01. The van der Waals surface area contributed by atoms with E-state index in [1.54, 1.807) is 0 Å². The molecule has 1 heterocycles. The number of aliphatic carboxylic acids is 1. The normalized spacial score (nSPS) is 53.1. The highest BCUT2D eigenvalue weighted by Gasteiger charge is 2.72. The van der Waals surface area contributed by atoms with Crippen LogP contribution in [0.15, 0.2) is 12.7 Å². The van der Waals surface area contributed by atoms with E-state index in [4.69, 9.17) is 4.74 Å². The van der Waals surface area contributed by atoms with Crippen LogP contribution in [0, 0.1) is 22.7 Å². The van der Waals surface area contributed by atoms with Crippen molar-refractivity contribution in [3.63, 3.8) is 0 Å². The summed E-state index contributed by atoms with van der Waals surface area (Å²) in [5.41, 5.74) is -3.14. The SMILES string of the molecule is C=C[C@@]1(C)CC[C@@H]2[C@@]3(C)C[C@@](O)(C(=O)O)C(C)(C)[C@H]3CC[C@@]2(C)O1. The van der Waals surface area contributed by atoms with Crippen LogP contribution in [0.3, 0.4) is 0 Å². The zero-order valence-electron chi connectivity index (χ0n) is 15.7. The molecule has 2 aliphatic carbocycles. The fourth-order valence-corrected chi connectivity index (χ4v) is 6.64. The fraction of sp³-hybridized carbons (Fsp3) is 0.850. The summed E-state index contributed by atoms with van der Waals surface area (Å²) < 4.78 is 6.54. The lowest BCUT2D eigenvalue weighted by Gasteiger charge is -2.60. The summed E-state index contributed by atoms with van der Waals surface area (Å²) in [6.45, 7) is 14.2. The Morgan fingerprint density at radius 3 is 2.25 bits per heavy atom. The summed E-state index contributed by atoms with van der Waals surface area (Å²) in [4.78, 5) is 11.9. The predicted molar refractivity (Wildman–Crippen MR) is 92.6 cm³/mol. The lowest BCUT2D eigenvalue weighted by atomic mass is 9.52. The third-order valence-electron chi connectivity index (χ3n) is 8.01. The van der Waals surface area contributed by atoms with Crippen molar-refractivity contribution in [1.82, 2.24) is 0 Å². The van der Waals surface area contributed by atoms with Crippen LogP contribution in [0.4, 0.5) is 0 Å². The lowest BCUT2D eigenvalue weighted by Crippen LogP contribution is -2.59. The van der Waals surface area contributed by atoms with Crippen LogP contribution in [0.5, 0.6) is 0 Å². The van der Waals surface area contributed by atoms with E-state index in [9.17, 15) is 15.0 Å². The van der Waals surface area contributed by atoms with Gasteiger partial charge in [-0.05, 0) is 63.2 Å². The number of aliphatic hydroxyl groups is 1. The van der Waals surface area contributed by atoms with E-state index in [0.717, 1.165) is 25.7 Å². The Morgan fingerprint density at radius 2 is 1.71 bits per heavy atom. The first-order chi connectivity index (χ1) is 10.8. The highest BCUT2D eigenvalue weighted by atomic mass is 16.5. The van der Waals surface area contributed by atoms with Gasteiger partial charge in [-0.25, -0.2) is 4.79 Å². The molecule has 3 fully saturated rings. The van der Waals surface area contributed by atoms with Crippen LogP contribution in [-0.4, -0.2) is 33.0 Å². The van der Waals surface area contributed by atoms with Gasteiger partial charge in [0.2, 0.25) is 0 Å². The van der Waals surface area contributed by atoms with Gasteiger partial charge in [0.25, 0.3) is 0 Å². The molecule has 6 atom stereocenters. The highest BCUT2D eigenvalue weighted by Crippen LogP contribution is 2.70. The summed E-state index contributed by atoms with van der Waals surface area (Å²) >= 11 is 0. The summed E-state index contributed by atoms with van der Waals surface area (Å²) in [7, 11) is 0. The molecule has 24 heavy (non-hydrogen) atoms. The van der Waals surface area contributed by atoms with Crippen LogP contribution in [0.1, 0.15) is 66.7 Å². The van der Waals surface area contributed by atoms with Crippen molar-refractivity contribution >= 4 is 5.97 Å². The molecule has 3 rings (SSSR count). The Labute approximate surface area is 145 Å². The molecule has 0 aromatic heterocycles. The van der Waals surface area contributed by atoms with E-state index in [0.29, 0.717) is 6.42 Å². The number of carboxylic acids is 1. The summed E-state index contributed by atoms with van der Waals surface area (Å²) in [6, 6.07) is 0. The number of fused-ring (bicyclic) bond motifs is 3. The van der Waals surface area contributed by atoms with Gasteiger partial charge in [-0.2, -0.15) is 0 Å². The average molecular weight is 336 g/mol. The van der Waals surface area contributed by atoms with E-state index in [2.05, 4.69) is 27.4 Å². The van der Waals surface area contributed by atoms with Crippen molar-refractivity contribution in [2.24, 2.45) is 22.7 Å². The monoisotopic (exact) mass is 336 g/mol. The van der Waals surface area contributed by atoms with Crippen LogP contribution in [-0.2, 0) is 9.53 Å². The summed E-state index contributed by atoms with van der Waals surface area (Å²) in [6.07, 6.45) is 5.87. The van der Waals surface area contributed by atoms with Crippen molar-refractivity contribution in [1.29, 1.82) is 0 Å². The van der Waals surface area contributed by atoms with Gasteiger partial charge in [0.05, 0.1) is 11.2 Å². The molecule has 0 amide bonds. The molecule has 4 heteroatoms. The van der Waals surface area contributed by atoms with E-state index >= 15 is 0 Å². The molecule has 136 valence electrons. The Bertz CT molecular complexity index is 584. The van der Waals surface area contributed by atoms with Gasteiger partial charge in [0.15, 0.2) is 5.60 Å². The number of rotatable bonds is 2. The number of hydrogen-bond acceptors (Lipinski definition) is 3. The highest BCUT2D eigenvalue weighted by molar-refractivity contribution is 5.79. The van der Waals surface area contributed by atoms with Gasteiger partial charge < -0.3 is 14.9 Å². The second-order valence-electron chi connectivity index (χ2n) is 9.68. The smallest absolute Gasteiger partial charge is 0.336 e. The summed E-state index contributed by atoms with van der Waals surface area (Å²) in [5.74, 6) is -0.650. The molecule has 2 N–H and O–H groups in total. The first-order valence-corrected chi connectivity index (χ1v) is 9.14. The van der Waals surface area contributed by atoms with Crippen LogP contribution < -0.4 is 0 Å². The topological polar surface area (TPSA) is 66.8 Å². The number of hydrogen-bond donors (Lipinski definition) is 2. The Kier molecular flexibility index (Phi) is 3.63. The molecular weight excluding hydrogens is 304 g/mol. The first kappa shape index (κ1) is 17.9. The molecule has 2 saturated carbocycles. The number of carbonyl (C=O) groups is 1. The Hall–Kier alpha value is -0.870. The quantitative estimate of drug-likeness (QED) is 0.753. The van der Waals surface area contributed by atoms with E-state index < -0.39 is 17.0 Å². The molecule has 0 aromatic carbocycles. The molecule has 3 aliphatic rings. The molecule has 0 radical (unpaired) electrons. The fourth-order valence-electron chi connectivity index (χ4n) is 6.64. The molecule has 4 nitrogen and oxygen atoms in total. The lowest BCUT2D eigenvalue weighted by molar-refractivity contribution is -0.236. The average Bonchev–Trinajstić information content (AvgIpc) is 2.61. The van der Waals surface area contributed by atoms with Crippen molar-refractivity contribution in [3.05, 3.63) is 12.7 Å². The van der Waals surface area contributed by atoms with Gasteiger partial charge >= 0.3 is 5.97 Å². The van der Waals surface area contributed by atoms with E-state index in [-0.39, 0.29) is 28.5 Å². The van der Waals surface area contributed by atoms with Gasteiger partial charge in [-0.15, -0.1) is 6.58 Å². The summed E-state index contributed by atoms with van der Waals surface area (Å²) in [5, 5.41) is 20.8. The van der Waals surface area contributed by atoms with Gasteiger partial charge in [-0.3, -0.25) is 0 Å². The van der Waals surface area contributed by atoms with Crippen LogP contribution in [0.2, 0.25) is 0 Å². The zero-order valence-corrected chi connectivity index (χ0v) is 15.7. The molecule has 0 unspecified atom stereocenters. The molecular formula is C20H32O4. The second-order valence-corrected chi connectivity index (χ2v) is 9.68. The third kappa shape index (κ3) is 2.02. The molecule has 1 saturated heterocycles. The van der Waals surface area contributed by atoms with Crippen molar-refractivity contribution in [2.45, 2.75) is 83.5 Å². The molecule has 0 aromatic rings. The maximum atomic E-state index is 11.9. The van der Waals surface area contributed by atoms with Crippen molar-refractivity contribution in [2.75, 3.05) is 0 Å². The van der Waals surface area contributed by atoms with Crippen molar-refractivity contribution in [3.8, 4) is 0 Å². The van der Waals surface area contributed by atoms with Gasteiger partial charge in [0.1, 0.15) is 0 Å². The minimum absolute atomic E-state index is 0.181. The van der Waals surface area contributed by atoms with Crippen LogP contribution in [0.25, 0.3) is 0 Å². The van der Waals surface area contributed by atoms with E-state index in [1.807, 2.05) is 19.9 Å². The molecule has 0 spiro atoms. The maximum Gasteiger partial charge on any atom is 0.336 e. The van der Waals surface area contributed by atoms with E-state index in [1.165, 1.54) is 0 Å². The molecule has 0 bridgehead atoms. The zero-order chi connectivity index (χ0) is 18.2. The molecule has 1 aliphatic heterocycles. The predicted octanol–water partition coefficient (Wildman–Crippen LogP) is 3.78. The Morgan fingerprint density at radius 1 is 1.12 bits per heavy atom. The standard InChI is InChI=1S/C20H32O4/c1-7-17(4)10-8-14-18(5)12-20(23,15(21)22)16(2,3)13(18)9-11-19(14,6)24-17/h7,13-14,23H,1,8-12H2,2-6H3,(H,21,22)/t13-,14-,17+,18+,19-,20-/m1/s1. The number of carboxylic acid groups (broad SMARTS) is 1. The van der Waals surface area contributed by atoms with Gasteiger partial charge in [0, 0.05) is 5.41 Å². The minimum atomic E-state index is -1.67. The second kappa shape index (κ2) is 4.85. The Balaban J connectivity index is 2.03. The largest absolute Gasteiger partial charge is 0.479 e. The maximum absolute atomic E-state index is 11.9.